The van der Waals surface area contributed by atoms with Crippen LogP contribution in [0.4, 0.5) is 0 Å². The van der Waals surface area contributed by atoms with Gasteiger partial charge in [-0.1, -0.05) is 107 Å². The van der Waals surface area contributed by atoms with Gasteiger partial charge in [-0.05, 0) is 0 Å². The van der Waals surface area contributed by atoms with E-state index in [9.17, 15) is 0 Å². The van der Waals surface area contributed by atoms with Crippen LogP contribution in [0.15, 0.2) is 97.1 Å². The van der Waals surface area contributed by atoms with Crippen molar-refractivity contribution in [2.24, 2.45) is 0 Å². The molecule has 0 amide bonds. The van der Waals surface area contributed by atoms with Crippen molar-refractivity contribution in [2.45, 2.75) is 83.1 Å². The summed E-state index contributed by atoms with van der Waals surface area (Å²) < 4.78 is 0. The number of hydrogen-bond acceptors (Lipinski definition) is 0. The van der Waals surface area contributed by atoms with Gasteiger partial charge >= 0.3 is 62.2 Å². The molecule has 8 aromatic carbocycles. The van der Waals surface area contributed by atoms with Crippen molar-refractivity contribution in [3.05, 3.63) is 164 Å². The van der Waals surface area contributed by atoms with Crippen LogP contribution in [-0.4, -0.2) is 0 Å². The maximum atomic E-state index is 2.20. The number of fused-ring (bicyclic) bond motifs is 4. The summed E-state index contributed by atoms with van der Waals surface area (Å²) in [4.78, 5) is 0. The van der Waals surface area contributed by atoms with Crippen LogP contribution in [0.2, 0.25) is 0 Å². The van der Waals surface area contributed by atoms with Gasteiger partial charge in [0.15, 0.2) is 0 Å². The Morgan fingerprint density at radius 2 is 0.442 bits per heavy atom. The largest absolute Gasteiger partial charge is 2.00 e. The van der Waals surface area contributed by atoms with Gasteiger partial charge in [-0.25, -0.2) is 0 Å². The molecule has 0 aromatic heterocycles. The number of aryl methyl sites for hydroxylation is 8. The van der Waals surface area contributed by atoms with Gasteiger partial charge in [0, 0.05) is 0 Å². The van der Waals surface area contributed by atoms with Crippen molar-refractivity contribution in [1.82, 2.24) is 0 Å². The standard InChI is InChI=1S/4C12H13.2ClH.2U/c4*1-8-9(2)11-6-4-5-7-12(11)10(8)3;;;;/h4*4-7H,1-3H3;2*1H;;/q4*-1;;;2*+2/p-2. The van der Waals surface area contributed by atoms with E-state index in [0.29, 0.717) is 0 Å². The average molecular weight is 1180 g/mol. The van der Waals surface area contributed by atoms with Crippen LogP contribution in [0.1, 0.15) is 66.8 Å². The summed E-state index contributed by atoms with van der Waals surface area (Å²) in [6.45, 7) is 26.4. The Morgan fingerprint density at radius 1 is 0.288 bits per heavy atom. The van der Waals surface area contributed by atoms with Crippen molar-refractivity contribution >= 4 is 43.1 Å². The number of benzene rings is 4. The Kier molecular flexibility index (Phi) is 19.0. The van der Waals surface area contributed by atoms with Gasteiger partial charge in [-0.15, -0.1) is 160 Å². The van der Waals surface area contributed by atoms with Crippen LogP contribution < -0.4 is 24.8 Å². The second kappa shape index (κ2) is 20.6. The summed E-state index contributed by atoms with van der Waals surface area (Å²) in [5.41, 5.74) is 17.2. The topological polar surface area (TPSA) is 0 Å². The summed E-state index contributed by atoms with van der Waals surface area (Å²) in [6, 6.07) is 34.4. The van der Waals surface area contributed by atoms with E-state index in [2.05, 4.69) is 180 Å². The van der Waals surface area contributed by atoms with Crippen LogP contribution >= 0.6 is 0 Å². The first-order valence-corrected chi connectivity index (χ1v) is 17.3. The van der Waals surface area contributed by atoms with Crippen LogP contribution in [0.3, 0.4) is 0 Å². The molecule has 0 nitrogen and oxygen atoms in total. The molecule has 0 aliphatic heterocycles. The Labute approximate surface area is 373 Å². The molecule has 0 N–H and O–H groups in total. The molecule has 0 bridgehead atoms. The first-order valence-electron chi connectivity index (χ1n) is 17.3. The van der Waals surface area contributed by atoms with E-state index in [1.807, 2.05) is 0 Å². The van der Waals surface area contributed by atoms with Crippen LogP contribution in [0, 0.1) is 145 Å². The van der Waals surface area contributed by atoms with Gasteiger partial charge in [-0.2, -0.15) is 22.3 Å². The molecule has 52 heavy (non-hydrogen) atoms. The third-order valence-corrected chi connectivity index (χ3v) is 11.4. The number of rotatable bonds is 0. The summed E-state index contributed by atoms with van der Waals surface area (Å²) in [5, 5.41) is 11.3. The fraction of sp³-hybridized carbons (Fsp3) is 0.250. The predicted molar refractivity (Wildman–Crippen MR) is 215 cm³/mol. The molecule has 0 unspecified atom stereocenters. The molecule has 4 heteroatoms. The zero-order chi connectivity index (χ0) is 34.9. The fourth-order valence-electron chi connectivity index (χ4n) is 7.29. The van der Waals surface area contributed by atoms with Crippen LogP contribution in [0.25, 0.3) is 43.1 Å². The number of halogens is 2. The quantitative estimate of drug-likeness (QED) is 0.136. The molecule has 0 radical (unpaired) electrons. The minimum atomic E-state index is 0. The zero-order valence-corrected chi connectivity index (χ0v) is 42.8. The molecule has 0 saturated heterocycles. The first-order chi connectivity index (χ1) is 22.9. The molecule has 0 aliphatic carbocycles. The number of hydrogen-bond donors (Lipinski definition) is 0. The second-order valence-corrected chi connectivity index (χ2v) is 13.7. The molecule has 8 rings (SSSR count). The average Bonchev–Trinajstić information content (AvgIpc) is 3.67. The Bertz CT molecular complexity index is 1880. The fourth-order valence-corrected chi connectivity index (χ4v) is 7.29. The molecule has 268 valence electrons. The maximum absolute atomic E-state index is 2.20. The van der Waals surface area contributed by atoms with E-state index in [1.54, 1.807) is 0 Å². The Morgan fingerprint density at radius 3 is 0.596 bits per heavy atom. The summed E-state index contributed by atoms with van der Waals surface area (Å²) in [5.74, 6) is 0. The predicted octanol–water partition coefficient (Wildman–Crippen LogP) is 7.94. The normalized spacial score (nSPS) is 10.1. The smallest absolute Gasteiger partial charge is 1.00 e. The van der Waals surface area contributed by atoms with Crippen molar-refractivity contribution in [1.29, 1.82) is 0 Å². The maximum Gasteiger partial charge on any atom is 2.00 e. The van der Waals surface area contributed by atoms with Crippen molar-refractivity contribution in [3.8, 4) is 0 Å². The third-order valence-electron chi connectivity index (χ3n) is 11.4. The molecule has 0 saturated carbocycles. The summed E-state index contributed by atoms with van der Waals surface area (Å²) in [7, 11) is 0. The van der Waals surface area contributed by atoms with Gasteiger partial charge in [-0.3, -0.25) is 0 Å². The SMILES string of the molecule is Cc1c(C)[c-](C)c2ccccc12.Cc1c(C)[c-](C)c2ccccc12.Cc1c(C)[c-](C)c2ccccc12.Cc1c(C)[c-](C)c2ccccc12.[Cl-].[Cl-].[U+2].[U+2]. The van der Waals surface area contributed by atoms with E-state index < -0.39 is 0 Å². The van der Waals surface area contributed by atoms with Crippen molar-refractivity contribution in [2.75, 3.05) is 0 Å². The molecule has 0 atom stereocenters. The first kappa shape index (κ1) is 48.0. The summed E-state index contributed by atoms with van der Waals surface area (Å²) in [6.07, 6.45) is 0. The van der Waals surface area contributed by atoms with E-state index in [0.717, 1.165) is 0 Å². The van der Waals surface area contributed by atoms with Gasteiger partial charge in [0.2, 0.25) is 0 Å². The Hall–Kier alpha value is -2.00. The van der Waals surface area contributed by atoms with Crippen molar-refractivity contribution in [3.63, 3.8) is 0 Å². The minimum Gasteiger partial charge on any atom is -1.00 e. The molecule has 0 heterocycles. The second-order valence-electron chi connectivity index (χ2n) is 13.7. The van der Waals surface area contributed by atoms with Crippen LogP contribution in [0.5, 0.6) is 0 Å². The van der Waals surface area contributed by atoms with Gasteiger partial charge in [0.05, 0.1) is 0 Å². The monoisotopic (exact) mass is 1170 g/mol. The molecule has 0 fully saturated rings. The van der Waals surface area contributed by atoms with Gasteiger partial charge in [0.25, 0.3) is 0 Å². The van der Waals surface area contributed by atoms with Gasteiger partial charge < -0.3 is 24.8 Å². The summed E-state index contributed by atoms with van der Waals surface area (Å²) >= 11 is 0. The molecule has 0 aliphatic rings. The zero-order valence-electron chi connectivity index (χ0n) is 33.0. The van der Waals surface area contributed by atoms with E-state index in [4.69, 9.17) is 0 Å². The van der Waals surface area contributed by atoms with E-state index in [-0.39, 0.29) is 87.0 Å². The van der Waals surface area contributed by atoms with Crippen LogP contribution in [-0.2, 0) is 0 Å². The molecule has 0 spiro atoms. The van der Waals surface area contributed by atoms with E-state index >= 15 is 0 Å². The third kappa shape index (κ3) is 9.44. The molecular formula is C48H52Cl2U2-2. The Balaban J connectivity index is 0.000000338. The minimum absolute atomic E-state index is 0. The van der Waals surface area contributed by atoms with Crippen molar-refractivity contribution < 1.29 is 87.0 Å². The molecular weight excluding hydrogens is 1120 g/mol. The van der Waals surface area contributed by atoms with Gasteiger partial charge in [0.1, 0.15) is 0 Å². The molecule has 8 aromatic rings. The van der Waals surface area contributed by atoms with E-state index in [1.165, 1.54) is 110 Å².